The molecule has 0 aliphatic carbocycles. The van der Waals surface area contributed by atoms with E-state index in [0.29, 0.717) is 18.0 Å². The van der Waals surface area contributed by atoms with E-state index in [1.807, 2.05) is 19.1 Å². The van der Waals surface area contributed by atoms with Crippen molar-refractivity contribution in [1.82, 2.24) is 4.31 Å². The first-order valence-electron chi connectivity index (χ1n) is 5.21. The van der Waals surface area contributed by atoms with Crippen LogP contribution in [0.2, 0.25) is 0 Å². The largest absolute Gasteiger partial charge is 0.243 e. The van der Waals surface area contributed by atoms with Gasteiger partial charge in [-0.3, -0.25) is 0 Å². The minimum Gasteiger partial charge on any atom is -0.207 e. The highest BCUT2D eigenvalue weighted by molar-refractivity contribution is 9.09. The molecule has 1 heterocycles. The fourth-order valence-electron chi connectivity index (χ4n) is 1.77. The Labute approximate surface area is 105 Å². The first-order chi connectivity index (χ1) is 7.50. The van der Waals surface area contributed by atoms with Crippen molar-refractivity contribution in [2.75, 3.05) is 13.1 Å². The van der Waals surface area contributed by atoms with Crippen LogP contribution in [-0.2, 0) is 10.0 Å². The van der Waals surface area contributed by atoms with Crippen molar-refractivity contribution in [3.8, 4) is 0 Å². The summed E-state index contributed by atoms with van der Waals surface area (Å²) in [5.74, 6) is 0. The molecular formula is C11H14BrNO2S. The van der Waals surface area contributed by atoms with E-state index in [9.17, 15) is 8.42 Å². The zero-order valence-electron chi connectivity index (χ0n) is 9.06. The van der Waals surface area contributed by atoms with E-state index in [2.05, 4.69) is 15.9 Å². The molecule has 1 aliphatic rings. The minimum absolute atomic E-state index is 0.285. The van der Waals surface area contributed by atoms with Gasteiger partial charge in [0.2, 0.25) is 10.0 Å². The summed E-state index contributed by atoms with van der Waals surface area (Å²) in [6.07, 6.45) is 0.880. The first kappa shape index (κ1) is 12.1. The van der Waals surface area contributed by atoms with Crippen molar-refractivity contribution in [3.63, 3.8) is 0 Å². The van der Waals surface area contributed by atoms with Crippen LogP contribution >= 0.6 is 15.9 Å². The molecule has 0 bridgehead atoms. The fraction of sp³-hybridized carbons (Fsp3) is 0.455. The van der Waals surface area contributed by atoms with Gasteiger partial charge in [0.1, 0.15) is 0 Å². The Morgan fingerprint density at radius 3 is 2.44 bits per heavy atom. The Bertz CT molecular complexity index is 469. The van der Waals surface area contributed by atoms with Gasteiger partial charge >= 0.3 is 0 Å². The Balaban J connectivity index is 2.29. The summed E-state index contributed by atoms with van der Waals surface area (Å²) in [6, 6.07) is 7.00. The van der Waals surface area contributed by atoms with E-state index in [1.165, 1.54) is 4.31 Å². The predicted molar refractivity (Wildman–Crippen MR) is 67.3 cm³/mol. The summed E-state index contributed by atoms with van der Waals surface area (Å²) in [7, 11) is -3.29. The van der Waals surface area contributed by atoms with Gasteiger partial charge in [-0.1, -0.05) is 33.6 Å². The smallest absolute Gasteiger partial charge is 0.207 e. The molecule has 3 nitrogen and oxygen atoms in total. The molecule has 1 aromatic carbocycles. The molecule has 0 aromatic heterocycles. The summed E-state index contributed by atoms with van der Waals surface area (Å²) in [6.45, 7) is 3.11. The molecule has 1 atom stereocenters. The Kier molecular flexibility index (Phi) is 3.37. The predicted octanol–water partition coefficient (Wildman–Crippen LogP) is 2.15. The van der Waals surface area contributed by atoms with Crippen molar-refractivity contribution >= 4 is 26.0 Å². The maximum absolute atomic E-state index is 12.2. The molecule has 0 saturated carbocycles. The third-order valence-corrected chi connectivity index (χ3v) is 5.38. The second kappa shape index (κ2) is 4.47. The number of alkyl halides is 1. The SMILES string of the molecule is Cc1ccc(S(=O)(=O)N2CC[C@H](Br)C2)cc1. The average molecular weight is 304 g/mol. The van der Waals surface area contributed by atoms with E-state index in [4.69, 9.17) is 0 Å². The lowest BCUT2D eigenvalue weighted by molar-refractivity contribution is 0.478. The van der Waals surface area contributed by atoms with Gasteiger partial charge in [-0.2, -0.15) is 4.31 Å². The maximum Gasteiger partial charge on any atom is 0.243 e. The molecular weight excluding hydrogens is 290 g/mol. The Morgan fingerprint density at radius 2 is 1.94 bits per heavy atom. The standard InChI is InChI=1S/C11H14BrNO2S/c1-9-2-4-11(5-3-9)16(14,15)13-7-6-10(12)8-13/h2-5,10H,6-8H2,1H3/t10-/m0/s1. The molecule has 1 aliphatic heterocycles. The highest BCUT2D eigenvalue weighted by atomic mass is 79.9. The lowest BCUT2D eigenvalue weighted by atomic mass is 10.2. The van der Waals surface area contributed by atoms with Crippen molar-refractivity contribution in [3.05, 3.63) is 29.8 Å². The molecule has 1 fully saturated rings. The second-order valence-corrected chi connectivity index (χ2v) is 7.29. The molecule has 0 amide bonds. The zero-order chi connectivity index (χ0) is 11.8. The Hall–Kier alpha value is -0.390. The summed E-state index contributed by atoms with van der Waals surface area (Å²) in [4.78, 5) is 0.674. The van der Waals surface area contributed by atoms with Gasteiger partial charge in [-0.25, -0.2) is 8.42 Å². The van der Waals surface area contributed by atoms with Crippen LogP contribution in [0, 0.1) is 6.92 Å². The van der Waals surface area contributed by atoms with Crippen molar-refractivity contribution in [2.24, 2.45) is 0 Å². The van der Waals surface area contributed by atoms with Gasteiger partial charge in [-0.05, 0) is 25.5 Å². The van der Waals surface area contributed by atoms with Crippen LogP contribution in [0.25, 0.3) is 0 Å². The van der Waals surface area contributed by atoms with Crippen LogP contribution < -0.4 is 0 Å². The Morgan fingerprint density at radius 1 is 1.31 bits per heavy atom. The van der Waals surface area contributed by atoms with E-state index >= 15 is 0 Å². The van der Waals surface area contributed by atoms with Crippen LogP contribution in [0.4, 0.5) is 0 Å². The second-order valence-electron chi connectivity index (χ2n) is 4.06. The summed E-state index contributed by atoms with van der Waals surface area (Å²) >= 11 is 3.45. The van der Waals surface area contributed by atoms with Gasteiger partial charge in [0.25, 0.3) is 0 Å². The molecule has 0 radical (unpaired) electrons. The average Bonchev–Trinajstić information content (AvgIpc) is 2.66. The number of hydrogen-bond acceptors (Lipinski definition) is 2. The van der Waals surface area contributed by atoms with E-state index in [0.717, 1.165) is 12.0 Å². The third-order valence-electron chi connectivity index (χ3n) is 2.75. The van der Waals surface area contributed by atoms with E-state index < -0.39 is 10.0 Å². The summed E-state index contributed by atoms with van der Waals surface area (Å²) < 4.78 is 25.9. The molecule has 88 valence electrons. The lowest BCUT2D eigenvalue weighted by Gasteiger charge is -2.15. The number of benzene rings is 1. The van der Waals surface area contributed by atoms with Gasteiger partial charge in [0.05, 0.1) is 4.90 Å². The molecule has 5 heteroatoms. The number of rotatable bonds is 2. The molecule has 16 heavy (non-hydrogen) atoms. The van der Waals surface area contributed by atoms with Crippen molar-refractivity contribution in [2.45, 2.75) is 23.1 Å². The number of halogens is 1. The molecule has 0 unspecified atom stereocenters. The van der Waals surface area contributed by atoms with Gasteiger partial charge in [-0.15, -0.1) is 0 Å². The van der Waals surface area contributed by atoms with Gasteiger partial charge in [0.15, 0.2) is 0 Å². The summed E-state index contributed by atoms with van der Waals surface area (Å²) in [5, 5.41) is 0. The topological polar surface area (TPSA) is 37.4 Å². The van der Waals surface area contributed by atoms with Crippen LogP contribution in [0.1, 0.15) is 12.0 Å². The fourth-order valence-corrected chi connectivity index (χ4v) is 4.01. The maximum atomic E-state index is 12.2. The molecule has 1 saturated heterocycles. The van der Waals surface area contributed by atoms with Crippen molar-refractivity contribution in [1.29, 1.82) is 0 Å². The minimum atomic E-state index is -3.29. The first-order valence-corrected chi connectivity index (χ1v) is 7.56. The van der Waals surface area contributed by atoms with Crippen LogP contribution in [0.15, 0.2) is 29.2 Å². The van der Waals surface area contributed by atoms with Crippen LogP contribution in [0.5, 0.6) is 0 Å². The highest BCUT2D eigenvalue weighted by Gasteiger charge is 2.31. The lowest BCUT2D eigenvalue weighted by Crippen LogP contribution is -2.28. The molecule has 1 aromatic rings. The number of sulfonamides is 1. The molecule has 2 rings (SSSR count). The summed E-state index contributed by atoms with van der Waals surface area (Å²) in [5.41, 5.74) is 1.07. The number of aryl methyl sites for hydroxylation is 1. The van der Waals surface area contributed by atoms with E-state index in [-0.39, 0.29) is 4.83 Å². The van der Waals surface area contributed by atoms with Gasteiger partial charge < -0.3 is 0 Å². The van der Waals surface area contributed by atoms with Crippen molar-refractivity contribution < 1.29 is 8.42 Å². The van der Waals surface area contributed by atoms with Crippen LogP contribution in [-0.4, -0.2) is 30.6 Å². The number of nitrogens with zero attached hydrogens (tertiary/aromatic N) is 1. The van der Waals surface area contributed by atoms with E-state index in [1.54, 1.807) is 12.1 Å². The number of hydrogen-bond donors (Lipinski definition) is 0. The molecule has 0 N–H and O–H groups in total. The normalized spacial score (nSPS) is 22.5. The van der Waals surface area contributed by atoms with Gasteiger partial charge in [0, 0.05) is 17.9 Å². The quantitative estimate of drug-likeness (QED) is 0.785. The third kappa shape index (κ3) is 2.31. The zero-order valence-corrected chi connectivity index (χ0v) is 11.5. The molecule has 0 spiro atoms. The van der Waals surface area contributed by atoms with Crippen LogP contribution in [0.3, 0.4) is 0 Å². The monoisotopic (exact) mass is 303 g/mol. The highest BCUT2D eigenvalue weighted by Crippen LogP contribution is 2.24.